The summed E-state index contributed by atoms with van der Waals surface area (Å²) >= 11 is 0. The Labute approximate surface area is 188 Å². The van der Waals surface area contributed by atoms with Crippen molar-refractivity contribution in [1.29, 1.82) is 0 Å². The van der Waals surface area contributed by atoms with Gasteiger partial charge in [-0.05, 0) is 81.2 Å². The van der Waals surface area contributed by atoms with Gasteiger partial charge in [-0.15, -0.1) is 0 Å². The molecule has 0 spiro atoms. The summed E-state index contributed by atoms with van der Waals surface area (Å²) < 4.78 is 19.9. The van der Waals surface area contributed by atoms with Crippen LogP contribution in [0.5, 0.6) is 5.75 Å². The van der Waals surface area contributed by atoms with E-state index in [0.717, 1.165) is 53.9 Å². The van der Waals surface area contributed by atoms with Gasteiger partial charge < -0.3 is 15.0 Å². The predicted molar refractivity (Wildman–Crippen MR) is 123 cm³/mol. The molecular weight excluding hydrogens is 405 g/mol. The molecule has 0 saturated heterocycles. The van der Waals surface area contributed by atoms with Crippen molar-refractivity contribution in [1.82, 2.24) is 15.3 Å². The van der Waals surface area contributed by atoms with E-state index in [1.807, 2.05) is 43.3 Å². The summed E-state index contributed by atoms with van der Waals surface area (Å²) in [5.41, 5.74) is 4.42. The van der Waals surface area contributed by atoms with Crippen molar-refractivity contribution < 1.29 is 13.9 Å². The van der Waals surface area contributed by atoms with Crippen molar-refractivity contribution in [2.24, 2.45) is 5.92 Å². The average Bonchev–Trinajstić information content (AvgIpc) is 3.21. The van der Waals surface area contributed by atoms with Crippen LogP contribution in [0.3, 0.4) is 0 Å². The van der Waals surface area contributed by atoms with Crippen LogP contribution in [0.4, 0.5) is 4.39 Å². The minimum atomic E-state index is -0.170. The fourth-order valence-corrected chi connectivity index (χ4v) is 4.73. The lowest BCUT2D eigenvalue weighted by Gasteiger charge is -2.29. The highest BCUT2D eigenvalue weighted by Crippen LogP contribution is 2.37. The highest BCUT2D eigenvalue weighted by atomic mass is 19.1. The van der Waals surface area contributed by atoms with Crippen LogP contribution in [0, 0.1) is 25.6 Å². The number of pyridine rings is 1. The molecule has 0 radical (unpaired) electrons. The molecule has 4 rings (SSSR count). The van der Waals surface area contributed by atoms with Crippen LogP contribution in [0.1, 0.15) is 58.9 Å². The maximum atomic E-state index is 14.4. The van der Waals surface area contributed by atoms with Gasteiger partial charge in [0.1, 0.15) is 11.6 Å². The van der Waals surface area contributed by atoms with E-state index in [4.69, 9.17) is 4.74 Å². The Balaban J connectivity index is 1.39. The second kappa shape index (κ2) is 9.55. The molecule has 2 heterocycles. The number of hydrogen-bond acceptors (Lipinski definition) is 3. The Bertz CT molecular complexity index is 1100. The van der Waals surface area contributed by atoms with Gasteiger partial charge in [0.2, 0.25) is 0 Å². The number of aryl methyl sites for hydroxylation is 2. The number of aromatic amines is 1. The maximum absolute atomic E-state index is 14.4. The fraction of sp³-hybridized carbons (Fsp3) is 0.385. The van der Waals surface area contributed by atoms with Gasteiger partial charge in [0.15, 0.2) is 0 Å². The van der Waals surface area contributed by atoms with Crippen LogP contribution < -0.4 is 10.1 Å². The van der Waals surface area contributed by atoms with Gasteiger partial charge in [-0.3, -0.25) is 9.78 Å². The molecule has 0 atom stereocenters. The van der Waals surface area contributed by atoms with Crippen molar-refractivity contribution >= 4 is 5.91 Å². The molecule has 1 aliphatic carbocycles. The summed E-state index contributed by atoms with van der Waals surface area (Å²) in [6, 6.07) is 11.4. The van der Waals surface area contributed by atoms with Gasteiger partial charge in [-0.1, -0.05) is 12.1 Å². The van der Waals surface area contributed by atoms with E-state index >= 15 is 0 Å². The lowest BCUT2D eigenvalue weighted by atomic mass is 9.78. The number of halogens is 1. The highest BCUT2D eigenvalue weighted by molar-refractivity contribution is 6.01. The minimum Gasteiger partial charge on any atom is -0.496 e. The first kappa shape index (κ1) is 22.1. The monoisotopic (exact) mass is 435 g/mol. The molecule has 2 N–H and O–H groups in total. The standard InChI is InChI=1S/C26H30FN3O2/c1-16-14-22(25(30-16)21-6-4-5-7-23(21)32-3)26(31)29-15-18-8-10-19(11-9-18)20-12-13-28-17(2)24(20)27/h4-7,12-14,18-19,30H,8-11,15H2,1-3H3,(H,29,31). The van der Waals surface area contributed by atoms with E-state index < -0.39 is 0 Å². The van der Waals surface area contributed by atoms with Gasteiger partial charge in [-0.2, -0.15) is 0 Å². The minimum absolute atomic E-state index is 0.0896. The third-order valence-electron chi connectivity index (χ3n) is 6.50. The van der Waals surface area contributed by atoms with Crippen LogP contribution in [0.25, 0.3) is 11.3 Å². The second-order valence-electron chi connectivity index (χ2n) is 8.67. The number of benzene rings is 1. The van der Waals surface area contributed by atoms with Crippen LogP contribution >= 0.6 is 0 Å². The van der Waals surface area contributed by atoms with Crippen molar-refractivity contribution in [2.45, 2.75) is 45.4 Å². The predicted octanol–water partition coefficient (Wildman–Crippen LogP) is 5.55. The SMILES string of the molecule is COc1ccccc1-c1[nH]c(C)cc1C(=O)NCC1CCC(c2ccnc(C)c2F)CC1. The van der Waals surface area contributed by atoms with Gasteiger partial charge in [-0.25, -0.2) is 4.39 Å². The number of nitrogens with zero attached hydrogens (tertiary/aromatic N) is 1. The zero-order valence-corrected chi connectivity index (χ0v) is 18.9. The molecule has 0 bridgehead atoms. The molecule has 32 heavy (non-hydrogen) atoms. The summed E-state index contributed by atoms with van der Waals surface area (Å²) in [5, 5.41) is 3.12. The largest absolute Gasteiger partial charge is 0.496 e. The van der Waals surface area contributed by atoms with Crippen LogP contribution in [-0.4, -0.2) is 29.5 Å². The van der Waals surface area contributed by atoms with Crippen molar-refractivity contribution in [3.8, 4) is 17.0 Å². The summed E-state index contributed by atoms with van der Waals surface area (Å²) in [7, 11) is 1.63. The van der Waals surface area contributed by atoms with Gasteiger partial charge in [0.05, 0.1) is 24.1 Å². The molecule has 168 valence electrons. The number of ether oxygens (including phenoxy) is 1. The molecule has 2 aromatic heterocycles. The number of para-hydroxylation sites is 1. The van der Waals surface area contributed by atoms with E-state index in [9.17, 15) is 9.18 Å². The quantitative estimate of drug-likeness (QED) is 0.534. The molecule has 1 aliphatic rings. The summed E-state index contributed by atoms with van der Waals surface area (Å²) in [5.74, 6) is 1.09. The van der Waals surface area contributed by atoms with E-state index in [0.29, 0.717) is 23.7 Å². The van der Waals surface area contributed by atoms with Crippen molar-refractivity contribution in [3.63, 3.8) is 0 Å². The molecule has 0 aliphatic heterocycles. The van der Waals surface area contributed by atoms with Crippen LogP contribution in [-0.2, 0) is 0 Å². The van der Waals surface area contributed by atoms with Crippen molar-refractivity contribution in [2.75, 3.05) is 13.7 Å². The molecule has 3 aromatic rings. The molecule has 5 nitrogen and oxygen atoms in total. The number of amides is 1. The number of H-pyrrole nitrogens is 1. The number of rotatable bonds is 6. The van der Waals surface area contributed by atoms with Crippen LogP contribution in [0.2, 0.25) is 0 Å². The number of carbonyl (C=O) groups is 1. The molecule has 1 amide bonds. The Kier molecular flexibility index (Phi) is 6.58. The first-order chi connectivity index (χ1) is 15.5. The zero-order valence-electron chi connectivity index (χ0n) is 18.9. The lowest BCUT2D eigenvalue weighted by Crippen LogP contribution is -2.31. The van der Waals surface area contributed by atoms with Gasteiger partial charge in [0, 0.05) is 24.0 Å². The molecule has 6 heteroatoms. The number of nitrogens with one attached hydrogen (secondary N) is 2. The van der Waals surface area contributed by atoms with E-state index in [-0.39, 0.29) is 17.6 Å². The van der Waals surface area contributed by atoms with E-state index in [1.54, 1.807) is 20.2 Å². The van der Waals surface area contributed by atoms with Gasteiger partial charge >= 0.3 is 0 Å². The average molecular weight is 436 g/mol. The number of methoxy groups -OCH3 is 1. The lowest BCUT2D eigenvalue weighted by molar-refractivity contribution is 0.0943. The summed E-state index contributed by atoms with van der Waals surface area (Å²) in [6.45, 7) is 4.28. The highest BCUT2D eigenvalue weighted by Gasteiger charge is 2.26. The molecule has 0 unspecified atom stereocenters. The van der Waals surface area contributed by atoms with Crippen LogP contribution in [0.15, 0.2) is 42.6 Å². The number of aromatic nitrogens is 2. The van der Waals surface area contributed by atoms with Gasteiger partial charge in [0.25, 0.3) is 5.91 Å². The first-order valence-electron chi connectivity index (χ1n) is 11.2. The third kappa shape index (κ3) is 4.54. The Morgan fingerprint density at radius 1 is 1.19 bits per heavy atom. The summed E-state index contributed by atoms with van der Waals surface area (Å²) in [6.07, 6.45) is 5.49. The van der Waals surface area contributed by atoms with Crippen molar-refractivity contribution in [3.05, 3.63) is 70.9 Å². The maximum Gasteiger partial charge on any atom is 0.253 e. The number of hydrogen-bond donors (Lipinski definition) is 2. The smallest absolute Gasteiger partial charge is 0.253 e. The van der Waals surface area contributed by atoms with E-state index in [2.05, 4.69) is 15.3 Å². The Hall–Kier alpha value is -3.15. The Morgan fingerprint density at radius 3 is 2.69 bits per heavy atom. The molecule has 1 aromatic carbocycles. The third-order valence-corrected chi connectivity index (χ3v) is 6.50. The Morgan fingerprint density at radius 2 is 1.94 bits per heavy atom. The molecule has 1 fully saturated rings. The van der Waals surface area contributed by atoms with E-state index in [1.165, 1.54) is 0 Å². The molecular formula is C26H30FN3O2. The zero-order chi connectivity index (χ0) is 22.7. The normalized spacial score (nSPS) is 18.4. The summed E-state index contributed by atoms with van der Waals surface area (Å²) in [4.78, 5) is 20.4. The topological polar surface area (TPSA) is 67.0 Å². The number of carbonyl (C=O) groups excluding carboxylic acids is 1. The fourth-order valence-electron chi connectivity index (χ4n) is 4.73. The molecule has 1 saturated carbocycles. The first-order valence-corrected chi connectivity index (χ1v) is 11.2. The second-order valence-corrected chi connectivity index (χ2v) is 8.67.